The van der Waals surface area contributed by atoms with E-state index in [9.17, 15) is 0 Å². The van der Waals surface area contributed by atoms with E-state index in [0.29, 0.717) is 0 Å². The summed E-state index contributed by atoms with van der Waals surface area (Å²) in [5.74, 6) is 0. The van der Waals surface area contributed by atoms with Crippen molar-refractivity contribution in [2.45, 2.75) is 52.4 Å². The molecular formula is C80H61B2N3OSe2. The molecule has 0 unspecified atom stereocenters. The average molecular weight is 1260 g/mol. The molecule has 88 heavy (non-hydrogen) atoms. The van der Waals surface area contributed by atoms with Crippen LogP contribution in [0.4, 0.5) is 34.1 Å². The minimum absolute atomic E-state index is 0.119. The third kappa shape index (κ3) is 8.71. The van der Waals surface area contributed by atoms with Crippen molar-refractivity contribution in [1.29, 1.82) is 0 Å². The van der Waals surface area contributed by atoms with Crippen LogP contribution in [0.3, 0.4) is 0 Å². The van der Waals surface area contributed by atoms with E-state index in [1.165, 1.54) is 65.7 Å². The van der Waals surface area contributed by atoms with E-state index in [4.69, 9.17) is 4.42 Å². The minimum atomic E-state index is -0.189. The van der Waals surface area contributed by atoms with Crippen LogP contribution in [0.1, 0.15) is 52.7 Å². The topological polar surface area (TPSA) is 24.6 Å². The van der Waals surface area contributed by atoms with Gasteiger partial charge < -0.3 is 0 Å². The van der Waals surface area contributed by atoms with Crippen LogP contribution in [-0.2, 0) is 10.8 Å². The van der Waals surface area contributed by atoms with Crippen LogP contribution in [0.25, 0.3) is 71.7 Å². The van der Waals surface area contributed by atoms with Gasteiger partial charge >= 0.3 is 536 Å². The van der Waals surface area contributed by atoms with E-state index in [0.717, 1.165) is 92.9 Å². The zero-order valence-electron chi connectivity index (χ0n) is 50.0. The van der Waals surface area contributed by atoms with Gasteiger partial charge in [0.1, 0.15) is 0 Å². The first-order chi connectivity index (χ1) is 42.8. The van der Waals surface area contributed by atoms with E-state index in [2.05, 4.69) is 349 Å². The Morgan fingerprint density at radius 3 is 1.58 bits per heavy atom. The fourth-order valence-corrected chi connectivity index (χ4v) is 15.7. The molecule has 14 aromatic rings. The molecule has 2 aliphatic rings. The van der Waals surface area contributed by atoms with Crippen molar-refractivity contribution in [1.82, 2.24) is 4.57 Å². The van der Waals surface area contributed by atoms with Crippen molar-refractivity contribution in [2.75, 3.05) is 9.80 Å². The molecule has 0 N–H and O–H groups in total. The first kappa shape index (κ1) is 54.4. The zero-order valence-corrected chi connectivity index (χ0v) is 53.5. The molecule has 12 aromatic carbocycles. The van der Waals surface area contributed by atoms with E-state index in [-0.39, 0.29) is 24.3 Å². The monoisotopic (exact) mass is 1260 g/mol. The Morgan fingerprint density at radius 2 is 0.909 bits per heavy atom. The third-order valence-corrected chi connectivity index (χ3v) is 20.0. The van der Waals surface area contributed by atoms with E-state index < -0.39 is 0 Å². The van der Waals surface area contributed by atoms with Crippen LogP contribution in [0, 0.1) is 0 Å². The van der Waals surface area contributed by atoms with Gasteiger partial charge in [-0.15, -0.1) is 0 Å². The molecule has 4 nitrogen and oxygen atoms in total. The van der Waals surface area contributed by atoms with Gasteiger partial charge in [-0.05, 0) is 0 Å². The molecule has 2 aromatic heterocycles. The van der Waals surface area contributed by atoms with Crippen molar-refractivity contribution in [3.8, 4) is 27.9 Å². The Balaban J connectivity index is 0.985. The molecule has 4 heterocycles. The Hall–Kier alpha value is -8.99. The van der Waals surface area contributed by atoms with Crippen molar-refractivity contribution < 1.29 is 4.42 Å². The fraction of sp³-hybridized carbons (Fsp3) is 0.100. The molecule has 0 fully saturated rings. The van der Waals surface area contributed by atoms with Gasteiger partial charge in [0, 0.05) is 0 Å². The van der Waals surface area contributed by atoms with Gasteiger partial charge in [0.2, 0.25) is 0 Å². The maximum atomic E-state index is 6.91. The van der Waals surface area contributed by atoms with Crippen molar-refractivity contribution >= 4 is 165 Å². The standard InChI is InChI=1S/C80H61B2N3OSe2/c1-79(2,3)52-39-44-63-70(45-52)84(69-37-22-32-61-60-29-15-20-38-73(60)86-78(61)69)68-36-19-16-33-62(68)82(63)65-48-64-71(49-74(65)87)85(77-56(50-23-9-7-10-24-50)30-21-31-57(77)51-25-11-8-12-26-51)72-46-53(80(4,5)6)47-75(88)76(72)81(64)54-40-42-55(43-41-54)83-66-34-17-13-27-58(66)59-28-14-18-35-67(59)83/h7-49H,1-6H3. The SMILES string of the molecule is CC(C)(C)c1ccc2c(c1)N(c1cccc3c1oc1ccccc13)c1ccccc1B2c1cc2c(cc1[Se])N(c1c(-c3ccccc3)cccc1-c1ccccc1)c1cc(C(C)(C)C)cc([Se])c1B2c1ccc(-n2c3ccccc3c3ccccc32)cc1. The summed E-state index contributed by atoms with van der Waals surface area (Å²) in [6.07, 6.45) is 0. The van der Waals surface area contributed by atoms with Gasteiger partial charge in [0.15, 0.2) is 0 Å². The van der Waals surface area contributed by atoms with Crippen LogP contribution >= 0.6 is 0 Å². The van der Waals surface area contributed by atoms with E-state index in [1.54, 1.807) is 0 Å². The summed E-state index contributed by atoms with van der Waals surface area (Å²) in [5.41, 5.74) is 26.3. The number of furan rings is 1. The number of aromatic nitrogens is 1. The van der Waals surface area contributed by atoms with Crippen molar-refractivity contribution in [3.05, 3.63) is 272 Å². The predicted molar refractivity (Wildman–Crippen MR) is 379 cm³/mol. The first-order valence-electron chi connectivity index (χ1n) is 30.5. The number of benzene rings is 12. The second kappa shape index (κ2) is 20.8. The summed E-state index contributed by atoms with van der Waals surface area (Å²) in [7, 11) is 0. The first-order valence-corrected chi connectivity index (χ1v) is 32.3. The molecule has 420 valence electrons. The molecule has 0 atom stereocenters. The van der Waals surface area contributed by atoms with E-state index in [1.807, 2.05) is 0 Å². The number of hydrogen-bond donors (Lipinski definition) is 0. The second-order valence-corrected chi connectivity index (χ2v) is 27.7. The molecule has 0 amide bonds. The molecular weight excluding hydrogens is 1200 g/mol. The predicted octanol–water partition coefficient (Wildman–Crippen LogP) is 14.8. The van der Waals surface area contributed by atoms with Gasteiger partial charge in [0.25, 0.3) is 0 Å². The van der Waals surface area contributed by atoms with Gasteiger partial charge in [-0.3, -0.25) is 0 Å². The Labute approximate surface area is 532 Å². The molecule has 2 radical (unpaired) electrons. The number of anilines is 6. The summed E-state index contributed by atoms with van der Waals surface area (Å²) in [6.45, 7) is 13.6. The summed E-state index contributed by atoms with van der Waals surface area (Å²) < 4.78 is 11.6. The summed E-state index contributed by atoms with van der Waals surface area (Å²) in [5, 5.41) is 4.71. The van der Waals surface area contributed by atoms with Gasteiger partial charge in [-0.25, -0.2) is 0 Å². The number of nitrogens with zero attached hydrogens (tertiary/aromatic N) is 3. The number of para-hydroxylation sites is 6. The Bertz CT molecular complexity index is 5000. The van der Waals surface area contributed by atoms with Gasteiger partial charge in [0.05, 0.1) is 0 Å². The Morgan fingerprint density at radius 1 is 0.364 bits per heavy atom. The molecule has 0 saturated heterocycles. The molecule has 8 heteroatoms. The summed E-state index contributed by atoms with van der Waals surface area (Å²) in [6, 6.07) is 97.2. The summed E-state index contributed by atoms with van der Waals surface area (Å²) >= 11 is 7.51. The van der Waals surface area contributed by atoms with Crippen LogP contribution in [-0.4, -0.2) is 50.0 Å². The molecule has 0 aliphatic carbocycles. The third-order valence-electron chi connectivity index (χ3n) is 18.6. The number of fused-ring (bicyclic) bond motifs is 10. The van der Waals surface area contributed by atoms with Crippen molar-refractivity contribution in [3.63, 3.8) is 0 Å². The van der Waals surface area contributed by atoms with Crippen LogP contribution in [0.5, 0.6) is 0 Å². The number of hydrogen-bond acceptors (Lipinski definition) is 3. The quantitative estimate of drug-likeness (QED) is 0.149. The van der Waals surface area contributed by atoms with Crippen LogP contribution in [0.2, 0.25) is 0 Å². The van der Waals surface area contributed by atoms with Crippen LogP contribution in [0.15, 0.2) is 265 Å². The average Bonchev–Trinajstić information content (AvgIpc) is 0.904. The maximum absolute atomic E-state index is 6.91. The number of rotatable bonds is 7. The van der Waals surface area contributed by atoms with E-state index >= 15 is 0 Å². The normalized spacial score (nSPS) is 13.1. The van der Waals surface area contributed by atoms with Gasteiger partial charge in [-0.2, -0.15) is 0 Å². The molecule has 2 aliphatic heterocycles. The molecule has 0 saturated carbocycles. The Kier molecular flexibility index (Phi) is 12.9. The fourth-order valence-electron chi connectivity index (χ4n) is 14.3. The molecule has 0 spiro atoms. The van der Waals surface area contributed by atoms with Crippen molar-refractivity contribution in [2.24, 2.45) is 0 Å². The zero-order chi connectivity index (χ0) is 59.7. The summed E-state index contributed by atoms with van der Waals surface area (Å²) in [4.78, 5) is 5.11. The molecule has 0 bridgehead atoms. The van der Waals surface area contributed by atoms with Crippen LogP contribution < -0.4 is 51.5 Å². The molecule has 16 rings (SSSR count). The van der Waals surface area contributed by atoms with Gasteiger partial charge in [-0.1, -0.05) is 0 Å². The second-order valence-electron chi connectivity index (χ2n) is 25.9.